The van der Waals surface area contributed by atoms with E-state index in [0.717, 1.165) is 5.92 Å². The predicted octanol–water partition coefficient (Wildman–Crippen LogP) is 4.45. The lowest BCUT2D eigenvalue weighted by Gasteiger charge is -2.42. The van der Waals surface area contributed by atoms with E-state index >= 15 is 0 Å². The second-order valence-electron chi connectivity index (χ2n) is 8.98. The second kappa shape index (κ2) is 7.46. The third-order valence-electron chi connectivity index (χ3n) is 5.59. The number of nitrogens with zero attached hydrogens (tertiary/aromatic N) is 1. The Hall–Kier alpha value is -0.0800. The van der Waals surface area contributed by atoms with Crippen LogP contribution in [0.15, 0.2) is 0 Å². The Kier molecular flexibility index (Phi) is 6.14. The van der Waals surface area contributed by atoms with Crippen LogP contribution < -0.4 is 5.32 Å². The Bertz CT molecular complexity index is 289. The van der Waals surface area contributed by atoms with Crippen molar-refractivity contribution in [3.63, 3.8) is 0 Å². The molecular formula is C19H38N2. The summed E-state index contributed by atoms with van der Waals surface area (Å²) in [4.78, 5) is 2.77. The van der Waals surface area contributed by atoms with Crippen molar-refractivity contribution in [3.8, 4) is 0 Å². The summed E-state index contributed by atoms with van der Waals surface area (Å²) in [6.45, 7) is 14.5. The zero-order valence-electron chi connectivity index (χ0n) is 15.0. The lowest BCUT2D eigenvalue weighted by atomic mass is 9.78. The Balaban J connectivity index is 1.96. The molecule has 0 atom stereocenters. The first-order valence-electron chi connectivity index (χ1n) is 9.36. The Morgan fingerprint density at radius 2 is 1.57 bits per heavy atom. The maximum absolute atomic E-state index is 3.83. The van der Waals surface area contributed by atoms with Crippen LogP contribution in [0.1, 0.15) is 79.1 Å². The van der Waals surface area contributed by atoms with Crippen LogP contribution in [-0.4, -0.2) is 36.6 Å². The molecule has 0 spiro atoms. The molecule has 1 saturated carbocycles. The number of hydrogen-bond acceptors (Lipinski definition) is 2. The van der Waals surface area contributed by atoms with Crippen LogP contribution in [0.3, 0.4) is 0 Å². The monoisotopic (exact) mass is 294 g/mol. The summed E-state index contributed by atoms with van der Waals surface area (Å²) < 4.78 is 0. The summed E-state index contributed by atoms with van der Waals surface area (Å²) in [5, 5.41) is 3.83. The van der Waals surface area contributed by atoms with E-state index in [2.05, 4.69) is 37.9 Å². The molecule has 1 aliphatic heterocycles. The quantitative estimate of drug-likeness (QED) is 0.771. The van der Waals surface area contributed by atoms with Crippen LogP contribution in [0.25, 0.3) is 0 Å². The van der Waals surface area contributed by atoms with E-state index in [1.807, 2.05) is 0 Å². The maximum Gasteiger partial charge on any atom is 0.00967 e. The standard InChI is InChI=1S/C19H38N2/c1-17-9-13-21(14-10-17)16-19(15-20-18(2,3)4)11-7-5-6-8-12-19/h17,20H,5-16H2,1-4H3. The third-order valence-corrected chi connectivity index (χ3v) is 5.59. The maximum atomic E-state index is 3.83. The van der Waals surface area contributed by atoms with Crippen LogP contribution in [0.2, 0.25) is 0 Å². The van der Waals surface area contributed by atoms with Gasteiger partial charge in [-0.3, -0.25) is 0 Å². The molecule has 124 valence electrons. The molecule has 0 amide bonds. The van der Waals surface area contributed by atoms with Gasteiger partial charge in [0.25, 0.3) is 0 Å². The van der Waals surface area contributed by atoms with Gasteiger partial charge in [-0.2, -0.15) is 0 Å². The van der Waals surface area contributed by atoms with Gasteiger partial charge in [0, 0.05) is 18.6 Å². The Morgan fingerprint density at radius 3 is 2.10 bits per heavy atom. The SMILES string of the molecule is CC1CCN(CC2(CNC(C)(C)C)CCCCCC2)CC1. The van der Waals surface area contributed by atoms with Crippen LogP contribution in [-0.2, 0) is 0 Å². The fourth-order valence-electron chi connectivity index (χ4n) is 4.02. The van der Waals surface area contributed by atoms with Gasteiger partial charge in [-0.1, -0.05) is 32.6 Å². The second-order valence-corrected chi connectivity index (χ2v) is 8.98. The van der Waals surface area contributed by atoms with Gasteiger partial charge in [-0.05, 0) is 70.9 Å². The van der Waals surface area contributed by atoms with Gasteiger partial charge < -0.3 is 10.2 Å². The third kappa shape index (κ3) is 5.90. The van der Waals surface area contributed by atoms with E-state index in [9.17, 15) is 0 Å². The first-order chi connectivity index (χ1) is 9.89. The van der Waals surface area contributed by atoms with Crippen molar-refractivity contribution in [1.29, 1.82) is 0 Å². The van der Waals surface area contributed by atoms with Crippen molar-refractivity contribution in [2.75, 3.05) is 26.2 Å². The highest BCUT2D eigenvalue weighted by atomic mass is 15.1. The Labute approximate surface area is 133 Å². The predicted molar refractivity (Wildman–Crippen MR) is 92.7 cm³/mol. The van der Waals surface area contributed by atoms with Gasteiger partial charge in [0.2, 0.25) is 0 Å². The normalized spacial score (nSPS) is 25.7. The molecule has 2 nitrogen and oxygen atoms in total. The zero-order valence-corrected chi connectivity index (χ0v) is 15.0. The molecule has 0 radical (unpaired) electrons. The number of hydrogen-bond donors (Lipinski definition) is 1. The summed E-state index contributed by atoms with van der Waals surface area (Å²) in [5.74, 6) is 0.944. The first kappa shape index (κ1) is 17.3. The van der Waals surface area contributed by atoms with Crippen molar-refractivity contribution in [2.24, 2.45) is 11.3 Å². The topological polar surface area (TPSA) is 15.3 Å². The average molecular weight is 295 g/mol. The van der Waals surface area contributed by atoms with Crippen LogP contribution in [0, 0.1) is 11.3 Å². The minimum atomic E-state index is 0.246. The molecule has 0 aromatic heterocycles. The molecule has 1 saturated heterocycles. The van der Waals surface area contributed by atoms with E-state index < -0.39 is 0 Å². The molecule has 0 bridgehead atoms. The van der Waals surface area contributed by atoms with E-state index in [1.165, 1.54) is 77.5 Å². The zero-order chi connectivity index (χ0) is 15.3. The molecule has 2 rings (SSSR count). The summed E-state index contributed by atoms with van der Waals surface area (Å²) in [7, 11) is 0. The van der Waals surface area contributed by atoms with E-state index in [4.69, 9.17) is 0 Å². The van der Waals surface area contributed by atoms with Gasteiger partial charge in [0.15, 0.2) is 0 Å². The van der Waals surface area contributed by atoms with Crippen LogP contribution in [0.5, 0.6) is 0 Å². The molecule has 1 heterocycles. The van der Waals surface area contributed by atoms with Gasteiger partial charge in [0.05, 0.1) is 0 Å². The Morgan fingerprint density at radius 1 is 1.00 bits per heavy atom. The summed E-state index contributed by atoms with van der Waals surface area (Å²) in [6, 6.07) is 0. The molecule has 1 aliphatic carbocycles. The molecule has 0 unspecified atom stereocenters. The molecule has 2 aliphatic rings. The minimum absolute atomic E-state index is 0.246. The van der Waals surface area contributed by atoms with Gasteiger partial charge in [0.1, 0.15) is 0 Å². The molecule has 2 fully saturated rings. The van der Waals surface area contributed by atoms with Crippen molar-refractivity contribution >= 4 is 0 Å². The molecule has 0 aromatic carbocycles. The van der Waals surface area contributed by atoms with Crippen molar-refractivity contribution < 1.29 is 0 Å². The molecule has 21 heavy (non-hydrogen) atoms. The molecule has 0 aromatic rings. The smallest absolute Gasteiger partial charge is 0.00967 e. The van der Waals surface area contributed by atoms with Crippen molar-refractivity contribution in [2.45, 2.75) is 84.6 Å². The largest absolute Gasteiger partial charge is 0.311 e. The number of piperidine rings is 1. The van der Waals surface area contributed by atoms with Crippen molar-refractivity contribution in [3.05, 3.63) is 0 Å². The lowest BCUT2D eigenvalue weighted by molar-refractivity contribution is 0.0924. The van der Waals surface area contributed by atoms with Gasteiger partial charge in [-0.15, -0.1) is 0 Å². The molecular weight excluding hydrogens is 256 g/mol. The minimum Gasteiger partial charge on any atom is -0.311 e. The highest BCUT2D eigenvalue weighted by Gasteiger charge is 2.34. The average Bonchev–Trinajstić information content (AvgIpc) is 2.65. The first-order valence-corrected chi connectivity index (χ1v) is 9.36. The molecule has 2 heteroatoms. The fourth-order valence-corrected chi connectivity index (χ4v) is 4.02. The summed E-state index contributed by atoms with van der Waals surface area (Å²) in [5.41, 5.74) is 0.778. The van der Waals surface area contributed by atoms with Crippen LogP contribution >= 0.6 is 0 Å². The molecule has 1 N–H and O–H groups in total. The summed E-state index contributed by atoms with van der Waals surface area (Å²) in [6.07, 6.45) is 11.5. The fraction of sp³-hybridized carbons (Fsp3) is 1.00. The van der Waals surface area contributed by atoms with Crippen LogP contribution in [0.4, 0.5) is 0 Å². The number of likely N-dealkylation sites (tertiary alicyclic amines) is 1. The lowest BCUT2D eigenvalue weighted by Crippen LogP contribution is -2.50. The summed E-state index contributed by atoms with van der Waals surface area (Å²) >= 11 is 0. The van der Waals surface area contributed by atoms with Crippen molar-refractivity contribution in [1.82, 2.24) is 10.2 Å². The van der Waals surface area contributed by atoms with Gasteiger partial charge in [-0.25, -0.2) is 0 Å². The highest BCUT2D eigenvalue weighted by molar-refractivity contribution is 4.90. The van der Waals surface area contributed by atoms with Gasteiger partial charge >= 0.3 is 0 Å². The number of rotatable bonds is 4. The highest BCUT2D eigenvalue weighted by Crippen LogP contribution is 2.36. The van der Waals surface area contributed by atoms with E-state index in [-0.39, 0.29) is 5.54 Å². The number of nitrogens with one attached hydrogen (secondary N) is 1. The van der Waals surface area contributed by atoms with E-state index in [1.54, 1.807) is 0 Å². The van der Waals surface area contributed by atoms with E-state index in [0.29, 0.717) is 5.41 Å².